The molecule has 0 aliphatic heterocycles. The predicted molar refractivity (Wildman–Crippen MR) is 42.6 cm³/mol. The van der Waals surface area contributed by atoms with Gasteiger partial charge < -0.3 is 31.3 Å². The van der Waals surface area contributed by atoms with Crippen LogP contribution in [-0.2, 0) is 0 Å². The zero-order valence-electron chi connectivity index (χ0n) is 7.04. The lowest BCUT2D eigenvalue weighted by molar-refractivity contribution is -0.203. The molecule has 0 aromatic carbocycles. The average molecular weight is 193 g/mol. The van der Waals surface area contributed by atoms with Crippen LogP contribution in [0.1, 0.15) is 6.42 Å². The minimum absolute atomic E-state index is 0.150. The fourth-order valence-corrected chi connectivity index (χ4v) is 1.57. The molecule has 1 saturated carbocycles. The summed E-state index contributed by atoms with van der Waals surface area (Å²) >= 11 is 0. The molecule has 0 unspecified atom stereocenters. The number of aliphatic hydroxyl groups is 5. The van der Waals surface area contributed by atoms with Crippen LogP contribution in [0, 0.1) is 0 Å². The van der Waals surface area contributed by atoms with Gasteiger partial charge in [0, 0.05) is 6.04 Å². The standard InChI is InChI=1S/C7H15NO5/c8-3-1-7(13,2-9)6(12)5(11)4(3)10/h3-6,9-13H,1-2,8H2/t3-,4-,5+,6-,7+/m0/s1. The second kappa shape index (κ2) is 3.49. The van der Waals surface area contributed by atoms with Crippen molar-refractivity contribution in [3.05, 3.63) is 0 Å². The summed E-state index contributed by atoms with van der Waals surface area (Å²) < 4.78 is 0. The van der Waals surface area contributed by atoms with Crippen LogP contribution in [0.15, 0.2) is 0 Å². The van der Waals surface area contributed by atoms with Crippen molar-refractivity contribution in [1.29, 1.82) is 0 Å². The highest BCUT2D eigenvalue weighted by atomic mass is 16.4. The van der Waals surface area contributed by atoms with Crippen LogP contribution >= 0.6 is 0 Å². The van der Waals surface area contributed by atoms with Crippen molar-refractivity contribution < 1.29 is 25.5 Å². The fourth-order valence-electron chi connectivity index (χ4n) is 1.57. The molecule has 0 spiro atoms. The topological polar surface area (TPSA) is 127 Å². The smallest absolute Gasteiger partial charge is 0.118 e. The molecule has 6 nitrogen and oxygen atoms in total. The van der Waals surface area contributed by atoms with E-state index in [0.29, 0.717) is 0 Å². The number of hydrogen-bond acceptors (Lipinski definition) is 6. The lowest BCUT2D eigenvalue weighted by atomic mass is 9.77. The van der Waals surface area contributed by atoms with Crippen LogP contribution in [0.2, 0.25) is 0 Å². The third-order valence-electron chi connectivity index (χ3n) is 2.53. The molecule has 0 aromatic rings. The van der Waals surface area contributed by atoms with E-state index in [1.165, 1.54) is 0 Å². The molecule has 0 saturated heterocycles. The van der Waals surface area contributed by atoms with Crippen molar-refractivity contribution in [2.45, 2.75) is 36.4 Å². The summed E-state index contributed by atoms with van der Waals surface area (Å²) in [4.78, 5) is 0. The summed E-state index contributed by atoms with van der Waals surface area (Å²) in [5.74, 6) is 0. The van der Waals surface area contributed by atoms with Gasteiger partial charge >= 0.3 is 0 Å². The van der Waals surface area contributed by atoms with Gasteiger partial charge in [-0.1, -0.05) is 0 Å². The second-order valence-corrected chi connectivity index (χ2v) is 3.56. The molecule has 1 aliphatic rings. The Morgan fingerprint density at radius 1 is 1.23 bits per heavy atom. The number of rotatable bonds is 1. The maximum Gasteiger partial charge on any atom is 0.118 e. The number of nitrogens with two attached hydrogens (primary N) is 1. The Bertz CT molecular complexity index is 190. The molecule has 0 heterocycles. The van der Waals surface area contributed by atoms with Crippen LogP contribution in [0.25, 0.3) is 0 Å². The van der Waals surface area contributed by atoms with E-state index in [1.807, 2.05) is 0 Å². The molecule has 78 valence electrons. The highest BCUT2D eigenvalue weighted by Gasteiger charge is 2.49. The van der Waals surface area contributed by atoms with Gasteiger partial charge in [0.05, 0.1) is 12.7 Å². The Labute approximate surface area is 75.2 Å². The van der Waals surface area contributed by atoms with E-state index in [2.05, 4.69) is 0 Å². The quantitative estimate of drug-likeness (QED) is 0.257. The third kappa shape index (κ3) is 1.69. The SMILES string of the molecule is N[C@H]1C[C@@](O)(CO)[C@@H](O)[C@H](O)[C@H]1O. The highest BCUT2D eigenvalue weighted by Crippen LogP contribution is 2.28. The third-order valence-corrected chi connectivity index (χ3v) is 2.53. The van der Waals surface area contributed by atoms with E-state index in [0.717, 1.165) is 0 Å². The molecule has 6 heteroatoms. The minimum Gasteiger partial charge on any atom is -0.393 e. The largest absolute Gasteiger partial charge is 0.393 e. The zero-order chi connectivity index (χ0) is 10.2. The average Bonchev–Trinajstić information content (AvgIpc) is 2.12. The van der Waals surface area contributed by atoms with Gasteiger partial charge in [-0.25, -0.2) is 0 Å². The van der Waals surface area contributed by atoms with Crippen molar-refractivity contribution in [1.82, 2.24) is 0 Å². The normalized spacial score (nSPS) is 52.2. The Kier molecular flexibility index (Phi) is 2.91. The molecule has 1 aliphatic carbocycles. The van der Waals surface area contributed by atoms with Crippen molar-refractivity contribution >= 4 is 0 Å². The number of aliphatic hydroxyl groups excluding tert-OH is 4. The highest BCUT2D eigenvalue weighted by molar-refractivity contribution is 5.03. The maximum atomic E-state index is 9.56. The van der Waals surface area contributed by atoms with Gasteiger partial charge in [-0.3, -0.25) is 0 Å². The monoisotopic (exact) mass is 193 g/mol. The Balaban J connectivity index is 2.82. The van der Waals surface area contributed by atoms with Gasteiger partial charge in [-0.05, 0) is 6.42 Å². The molecule has 5 atom stereocenters. The summed E-state index contributed by atoms with van der Waals surface area (Å²) in [5, 5.41) is 46.1. The summed E-state index contributed by atoms with van der Waals surface area (Å²) in [7, 11) is 0. The molecule has 1 rings (SSSR count). The molecule has 0 bridgehead atoms. The van der Waals surface area contributed by atoms with E-state index >= 15 is 0 Å². The first-order valence-electron chi connectivity index (χ1n) is 4.05. The van der Waals surface area contributed by atoms with Crippen LogP contribution < -0.4 is 5.73 Å². The maximum absolute atomic E-state index is 9.56. The fraction of sp³-hybridized carbons (Fsp3) is 1.00. The van der Waals surface area contributed by atoms with Gasteiger partial charge in [-0.2, -0.15) is 0 Å². The van der Waals surface area contributed by atoms with E-state index in [9.17, 15) is 20.4 Å². The van der Waals surface area contributed by atoms with Gasteiger partial charge in [0.15, 0.2) is 0 Å². The van der Waals surface area contributed by atoms with Gasteiger partial charge in [0.1, 0.15) is 17.8 Å². The second-order valence-electron chi connectivity index (χ2n) is 3.56. The molecular weight excluding hydrogens is 178 g/mol. The molecule has 13 heavy (non-hydrogen) atoms. The summed E-state index contributed by atoms with van der Waals surface area (Å²) in [6, 6.07) is -0.851. The Morgan fingerprint density at radius 2 is 1.77 bits per heavy atom. The zero-order valence-corrected chi connectivity index (χ0v) is 7.04. The predicted octanol–water partition coefficient (Wildman–Crippen LogP) is -3.48. The number of hydrogen-bond donors (Lipinski definition) is 6. The van der Waals surface area contributed by atoms with Crippen LogP contribution in [0.5, 0.6) is 0 Å². The van der Waals surface area contributed by atoms with Crippen molar-refractivity contribution in [2.75, 3.05) is 6.61 Å². The Hall–Kier alpha value is -0.240. The lowest BCUT2D eigenvalue weighted by Crippen LogP contribution is -2.66. The molecular formula is C7H15NO5. The molecule has 7 N–H and O–H groups in total. The van der Waals surface area contributed by atoms with E-state index in [1.54, 1.807) is 0 Å². The summed E-state index contributed by atoms with van der Waals surface area (Å²) in [5.41, 5.74) is 3.57. The first-order valence-corrected chi connectivity index (χ1v) is 4.05. The Morgan fingerprint density at radius 3 is 2.23 bits per heavy atom. The van der Waals surface area contributed by atoms with E-state index < -0.39 is 36.6 Å². The molecule has 1 fully saturated rings. The minimum atomic E-state index is -1.82. The lowest BCUT2D eigenvalue weighted by Gasteiger charge is -2.43. The summed E-state index contributed by atoms with van der Waals surface area (Å²) in [6.07, 6.45) is -4.53. The van der Waals surface area contributed by atoms with E-state index in [4.69, 9.17) is 10.8 Å². The van der Waals surface area contributed by atoms with E-state index in [-0.39, 0.29) is 6.42 Å². The molecule has 0 aromatic heterocycles. The summed E-state index contributed by atoms with van der Waals surface area (Å²) in [6.45, 7) is -0.703. The molecule has 0 radical (unpaired) electrons. The van der Waals surface area contributed by atoms with Crippen molar-refractivity contribution in [3.8, 4) is 0 Å². The van der Waals surface area contributed by atoms with Gasteiger partial charge in [0.25, 0.3) is 0 Å². The van der Waals surface area contributed by atoms with Crippen LogP contribution in [0.3, 0.4) is 0 Å². The van der Waals surface area contributed by atoms with Crippen molar-refractivity contribution in [3.63, 3.8) is 0 Å². The van der Waals surface area contributed by atoms with Gasteiger partial charge in [0.2, 0.25) is 0 Å². The van der Waals surface area contributed by atoms with Gasteiger partial charge in [-0.15, -0.1) is 0 Å². The first-order chi connectivity index (χ1) is 5.92. The van der Waals surface area contributed by atoms with Crippen LogP contribution in [-0.4, -0.2) is 62.1 Å². The van der Waals surface area contributed by atoms with Crippen molar-refractivity contribution in [2.24, 2.45) is 5.73 Å². The molecule has 0 amide bonds. The van der Waals surface area contributed by atoms with Crippen LogP contribution in [0.4, 0.5) is 0 Å². The first kappa shape index (κ1) is 10.8.